The van der Waals surface area contributed by atoms with Gasteiger partial charge >= 0.3 is 5.97 Å². The van der Waals surface area contributed by atoms with Gasteiger partial charge in [-0.1, -0.05) is 25.7 Å². The van der Waals surface area contributed by atoms with Crippen LogP contribution in [0.5, 0.6) is 0 Å². The Labute approximate surface area is 90.8 Å². The van der Waals surface area contributed by atoms with E-state index < -0.39 is 11.4 Å². The first-order valence-corrected chi connectivity index (χ1v) is 6.04. The van der Waals surface area contributed by atoms with Crippen molar-refractivity contribution in [2.75, 3.05) is 13.2 Å². The molecule has 0 bridgehead atoms. The number of carbonyl (C=O) groups is 1. The average Bonchev–Trinajstić information content (AvgIpc) is 2.71. The topological polar surface area (TPSA) is 46.5 Å². The summed E-state index contributed by atoms with van der Waals surface area (Å²) >= 11 is 0. The van der Waals surface area contributed by atoms with Gasteiger partial charge in [-0.3, -0.25) is 4.79 Å². The molecule has 1 aliphatic carbocycles. The molecule has 86 valence electrons. The molecule has 0 amide bonds. The minimum atomic E-state index is -0.599. The SMILES string of the molecule is O=C(O)C1(CC2CCCC2)CCOCC1. The summed E-state index contributed by atoms with van der Waals surface area (Å²) in [5.74, 6) is 0.0527. The van der Waals surface area contributed by atoms with Crippen molar-refractivity contribution in [1.82, 2.24) is 0 Å². The second-order valence-corrected chi connectivity index (χ2v) is 5.05. The molecule has 0 aromatic heterocycles. The van der Waals surface area contributed by atoms with Crippen LogP contribution in [0.3, 0.4) is 0 Å². The van der Waals surface area contributed by atoms with E-state index in [4.69, 9.17) is 4.74 Å². The van der Waals surface area contributed by atoms with Crippen molar-refractivity contribution in [2.45, 2.75) is 44.9 Å². The molecule has 0 aromatic carbocycles. The Morgan fingerprint density at radius 3 is 2.40 bits per heavy atom. The molecular formula is C12H20O3. The summed E-state index contributed by atoms with van der Waals surface area (Å²) in [5.41, 5.74) is -0.465. The molecule has 2 rings (SSSR count). The van der Waals surface area contributed by atoms with Crippen molar-refractivity contribution in [3.05, 3.63) is 0 Å². The second-order valence-electron chi connectivity index (χ2n) is 5.05. The zero-order chi connectivity index (χ0) is 10.7. The zero-order valence-electron chi connectivity index (χ0n) is 9.21. The largest absolute Gasteiger partial charge is 0.481 e. The Bertz CT molecular complexity index is 225. The maximum Gasteiger partial charge on any atom is 0.309 e. The van der Waals surface area contributed by atoms with Gasteiger partial charge in [-0.15, -0.1) is 0 Å². The van der Waals surface area contributed by atoms with E-state index >= 15 is 0 Å². The molecule has 0 radical (unpaired) electrons. The van der Waals surface area contributed by atoms with E-state index in [1.54, 1.807) is 0 Å². The van der Waals surface area contributed by atoms with Gasteiger partial charge in [0.2, 0.25) is 0 Å². The number of carboxylic acid groups (broad SMARTS) is 1. The molecule has 2 aliphatic rings. The first-order valence-electron chi connectivity index (χ1n) is 6.04. The number of carboxylic acids is 1. The van der Waals surface area contributed by atoms with Gasteiger partial charge in [0.05, 0.1) is 5.41 Å². The highest BCUT2D eigenvalue weighted by Gasteiger charge is 2.42. The van der Waals surface area contributed by atoms with Crippen LogP contribution in [0.15, 0.2) is 0 Å². The molecular weight excluding hydrogens is 192 g/mol. The van der Waals surface area contributed by atoms with Gasteiger partial charge in [0.25, 0.3) is 0 Å². The van der Waals surface area contributed by atoms with Crippen molar-refractivity contribution in [1.29, 1.82) is 0 Å². The predicted molar refractivity (Wildman–Crippen MR) is 56.7 cm³/mol. The fourth-order valence-corrected chi connectivity index (χ4v) is 3.03. The third-order valence-electron chi connectivity index (χ3n) is 4.06. The smallest absolute Gasteiger partial charge is 0.309 e. The molecule has 15 heavy (non-hydrogen) atoms. The Morgan fingerprint density at radius 1 is 1.27 bits per heavy atom. The van der Waals surface area contributed by atoms with Crippen LogP contribution in [0.1, 0.15) is 44.9 Å². The summed E-state index contributed by atoms with van der Waals surface area (Å²) < 4.78 is 5.28. The van der Waals surface area contributed by atoms with Crippen LogP contribution >= 0.6 is 0 Å². The zero-order valence-corrected chi connectivity index (χ0v) is 9.21. The van der Waals surface area contributed by atoms with Crippen LogP contribution in [-0.2, 0) is 9.53 Å². The highest BCUT2D eigenvalue weighted by Crippen LogP contribution is 2.42. The van der Waals surface area contributed by atoms with Gasteiger partial charge < -0.3 is 9.84 Å². The Balaban J connectivity index is 2.00. The quantitative estimate of drug-likeness (QED) is 0.781. The minimum absolute atomic E-state index is 0.465. The van der Waals surface area contributed by atoms with E-state index in [0.717, 1.165) is 6.42 Å². The third-order valence-corrected chi connectivity index (χ3v) is 4.06. The van der Waals surface area contributed by atoms with Crippen molar-refractivity contribution < 1.29 is 14.6 Å². The molecule has 1 aliphatic heterocycles. The molecule has 2 fully saturated rings. The van der Waals surface area contributed by atoms with Gasteiger partial charge in [-0.05, 0) is 25.2 Å². The van der Waals surface area contributed by atoms with Crippen molar-refractivity contribution in [3.63, 3.8) is 0 Å². The first kappa shape index (κ1) is 10.9. The molecule has 0 aromatic rings. The van der Waals surface area contributed by atoms with E-state index in [-0.39, 0.29) is 0 Å². The maximum absolute atomic E-state index is 11.4. The Kier molecular flexibility index (Phi) is 3.29. The number of aliphatic carboxylic acids is 1. The fraction of sp³-hybridized carbons (Fsp3) is 0.917. The highest BCUT2D eigenvalue weighted by molar-refractivity contribution is 5.74. The lowest BCUT2D eigenvalue weighted by Crippen LogP contribution is -2.38. The number of hydrogen-bond donors (Lipinski definition) is 1. The van der Waals surface area contributed by atoms with Crippen molar-refractivity contribution in [3.8, 4) is 0 Å². The van der Waals surface area contributed by atoms with Gasteiger partial charge in [-0.25, -0.2) is 0 Å². The van der Waals surface area contributed by atoms with Gasteiger partial charge in [0.1, 0.15) is 0 Å². The summed E-state index contributed by atoms with van der Waals surface area (Å²) in [6.07, 6.45) is 7.34. The van der Waals surface area contributed by atoms with E-state index in [9.17, 15) is 9.90 Å². The fourth-order valence-electron chi connectivity index (χ4n) is 3.03. The van der Waals surface area contributed by atoms with Crippen LogP contribution in [0.2, 0.25) is 0 Å². The number of rotatable bonds is 3. The number of ether oxygens (including phenoxy) is 1. The van der Waals surface area contributed by atoms with Gasteiger partial charge in [0, 0.05) is 13.2 Å². The van der Waals surface area contributed by atoms with Crippen molar-refractivity contribution >= 4 is 5.97 Å². The Morgan fingerprint density at radius 2 is 1.87 bits per heavy atom. The molecule has 3 heteroatoms. The molecule has 0 atom stereocenters. The summed E-state index contributed by atoms with van der Waals surface area (Å²) in [6.45, 7) is 1.25. The molecule has 0 spiro atoms. The molecule has 1 saturated carbocycles. The van der Waals surface area contributed by atoms with Crippen LogP contribution in [0.25, 0.3) is 0 Å². The number of hydrogen-bond acceptors (Lipinski definition) is 2. The molecule has 3 nitrogen and oxygen atoms in total. The molecule has 1 saturated heterocycles. The monoisotopic (exact) mass is 212 g/mol. The summed E-state index contributed by atoms with van der Waals surface area (Å²) in [6, 6.07) is 0. The van der Waals surface area contributed by atoms with Gasteiger partial charge in [-0.2, -0.15) is 0 Å². The van der Waals surface area contributed by atoms with Crippen LogP contribution in [0, 0.1) is 11.3 Å². The normalized spacial score (nSPS) is 26.7. The summed E-state index contributed by atoms with van der Waals surface area (Å²) in [7, 11) is 0. The predicted octanol–water partition coefficient (Wildman–Crippen LogP) is 2.45. The second kappa shape index (κ2) is 4.52. The van der Waals surface area contributed by atoms with E-state index in [1.165, 1.54) is 25.7 Å². The van der Waals surface area contributed by atoms with E-state index in [1.807, 2.05) is 0 Å². The van der Waals surface area contributed by atoms with Crippen LogP contribution in [0.4, 0.5) is 0 Å². The molecule has 1 heterocycles. The average molecular weight is 212 g/mol. The van der Waals surface area contributed by atoms with Crippen LogP contribution < -0.4 is 0 Å². The van der Waals surface area contributed by atoms with Gasteiger partial charge in [0.15, 0.2) is 0 Å². The van der Waals surface area contributed by atoms with E-state index in [2.05, 4.69) is 0 Å². The summed E-state index contributed by atoms with van der Waals surface area (Å²) in [5, 5.41) is 9.39. The van der Waals surface area contributed by atoms with Crippen molar-refractivity contribution in [2.24, 2.45) is 11.3 Å². The van der Waals surface area contributed by atoms with E-state index in [0.29, 0.717) is 32.0 Å². The Hall–Kier alpha value is -0.570. The molecule has 1 N–H and O–H groups in total. The highest BCUT2D eigenvalue weighted by atomic mass is 16.5. The molecule has 0 unspecified atom stereocenters. The lowest BCUT2D eigenvalue weighted by atomic mass is 9.73. The lowest BCUT2D eigenvalue weighted by Gasteiger charge is -2.35. The minimum Gasteiger partial charge on any atom is -0.481 e. The van der Waals surface area contributed by atoms with Crippen LogP contribution in [-0.4, -0.2) is 24.3 Å². The maximum atomic E-state index is 11.4. The lowest BCUT2D eigenvalue weighted by molar-refractivity contribution is -0.156. The third kappa shape index (κ3) is 2.33. The summed E-state index contributed by atoms with van der Waals surface area (Å²) in [4.78, 5) is 11.4. The standard InChI is InChI=1S/C12H20O3/c13-11(14)12(5-7-15-8-6-12)9-10-3-1-2-4-10/h10H,1-9H2,(H,13,14). The first-order chi connectivity index (χ1) is 7.23.